The molecule has 0 aliphatic carbocycles. The summed E-state index contributed by atoms with van der Waals surface area (Å²) in [6, 6.07) is 7.60. The molecule has 3 rings (SSSR count). The van der Waals surface area contributed by atoms with Crippen LogP contribution in [0.5, 0.6) is 5.75 Å². The van der Waals surface area contributed by atoms with Gasteiger partial charge in [0.25, 0.3) is 5.56 Å². The SMILES string of the molecule is COCC(C)n1c(-c2ccn(C)c(=O)c2C)nc2cc(OCCO)ccc21. The van der Waals surface area contributed by atoms with E-state index in [4.69, 9.17) is 19.6 Å². The molecule has 0 saturated heterocycles. The van der Waals surface area contributed by atoms with E-state index in [1.54, 1.807) is 24.9 Å². The summed E-state index contributed by atoms with van der Waals surface area (Å²) in [7, 11) is 3.40. The Labute approximate surface area is 157 Å². The van der Waals surface area contributed by atoms with Crippen molar-refractivity contribution in [2.45, 2.75) is 19.9 Å². The highest BCUT2D eigenvalue weighted by atomic mass is 16.5. The fraction of sp³-hybridized carbons (Fsp3) is 0.400. The third-order valence-corrected chi connectivity index (χ3v) is 4.62. The fourth-order valence-electron chi connectivity index (χ4n) is 3.28. The number of pyridine rings is 1. The van der Waals surface area contributed by atoms with E-state index in [0.717, 1.165) is 22.4 Å². The topological polar surface area (TPSA) is 78.5 Å². The van der Waals surface area contributed by atoms with E-state index in [-0.39, 0.29) is 24.8 Å². The number of aliphatic hydroxyl groups is 1. The molecular formula is C20H25N3O4. The number of rotatable bonds is 7. The first-order valence-corrected chi connectivity index (χ1v) is 8.89. The van der Waals surface area contributed by atoms with Crippen molar-refractivity contribution in [2.75, 3.05) is 26.9 Å². The first-order valence-electron chi connectivity index (χ1n) is 8.89. The van der Waals surface area contributed by atoms with Gasteiger partial charge in [-0.3, -0.25) is 4.79 Å². The van der Waals surface area contributed by atoms with Crippen molar-refractivity contribution in [1.29, 1.82) is 0 Å². The van der Waals surface area contributed by atoms with Crippen LogP contribution in [0.2, 0.25) is 0 Å². The molecule has 3 aromatic rings. The summed E-state index contributed by atoms with van der Waals surface area (Å²) in [4.78, 5) is 17.2. The number of aromatic nitrogens is 3. The quantitative estimate of drug-likeness (QED) is 0.689. The van der Waals surface area contributed by atoms with Gasteiger partial charge in [-0.05, 0) is 32.0 Å². The Hall–Kier alpha value is -2.64. The summed E-state index contributed by atoms with van der Waals surface area (Å²) < 4.78 is 14.5. The molecule has 0 bridgehead atoms. The van der Waals surface area contributed by atoms with Gasteiger partial charge >= 0.3 is 0 Å². The van der Waals surface area contributed by atoms with Crippen molar-refractivity contribution in [3.63, 3.8) is 0 Å². The molecule has 1 atom stereocenters. The summed E-state index contributed by atoms with van der Waals surface area (Å²) in [5.41, 5.74) is 3.11. The lowest BCUT2D eigenvalue weighted by Gasteiger charge is -2.18. The molecule has 27 heavy (non-hydrogen) atoms. The number of methoxy groups -OCH3 is 1. The van der Waals surface area contributed by atoms with Crippen molar-refractivity contribution in [3.05, 3.63) is 46.4 Å². The first kappa shape index (κ1) is 19.1. The van der Waals surface area contributed by atoms with Crippen LogP contribution >= 0.6 is 0 Å². The van der Waals surface area contributed by atoms with E-state index < -0.39 is 0 Å². The van der Waals surface area contributed by atoms with E-state index >= 15 is 0 Å². The molecule has 1 aromatic carbocycles. The Kier molecular flexibility index (Phi) is 5.62. The number of hydrogen-bond acceptors (Lipinski definition) is 5. The van der Waals surface area contributed by atoms with Gasteiger partial charge < -0.3 is 23.7 Å². The molecular weight excluding hydrogens is 346 g/mol. The van der Waals surface area contributed by atoms with E-state index in [0.29, 0.717) is 17.9 Å². The zero-order valence-electron chi connectivity index (χ0n) is 16.1. The summed E-state index contributed by atoms with van der Waals surface area (Å²) >= 11 is 0. The van der Waals surface area contributed by atoms with Gasteiger partial charge in [-0.1, -0.05) is 0 Å². The molecule has 0 radical (unpaired) electrons. The maximum atomic E-state index is 12.4. The summed E-state index contributed by atoms with van der Waals surface area (Å²) in [5.74, 6) is 1.37. The number of fused-ring (bicyclic) bond motifs is 1. The number of ether oxygens (including phenoxy) is 2. The number of nitrogens with zero attached hydrogens (tertiary/aromatic N) is 3. The smallest absolute Gasteiger partial charge is 0.253 e. The average molecular weight is 371 g/mol. The van der Waals surface area contributed by atoms with Gasteiger partial charge in [0.1, 0.15) is 18.2 Å². The van der Waals surface area contributed by atoms with Gasteiger partial charge in [0.15, 0.2) is 0 Å². The molecule has 0 aliphatic heterocycles. The van der Waals surface area contributed by atoms with Crippen LogP contribution in [0.3, 0.4) is 0 Å². The van der Waals surface area contributed by atoms with Crippen LogP contribution in [-0.4, -0.2) is 46.2 Å². The zero-order chi connectivity index (χ0) is 19.6. The molecule has 1 unspecified atom stereocenters. The highest BCUT2D eigenvalue weighted by molar-refractivity contribution is 5.82. The van der Waals surface area contributed by atoms with Crippen LogP contribution in [0.4, 0.5) is 0 Å². The molecule has 0 saturated carbocycles. The van der Waals surface area contributed by atoms with Gasteiger partial charge in [-0.2, -0.15) is 0 Å². The Bertz CT molecular complexity index is 1010. The molecule has 0 aliphatic rings. The molecule has 7 heteroatoms. The minimum atomic E-state index is -0.0465. The van der Waals surface area contributed by atoms with Crippen molar-refractivity contribution in [3.8, 4) is 17.1 Å². The van der Waals surface area contributed by atoms with Gasteiger partial charge in [-0.25, -0.2) is 4.98 Å². The highest BCUT2D eigenvalue weighted by Gasteiger charge is 2.20. The van der Waals surface area contributed by atoms with Crippen molar-refractivity contribution >= 4 is 11.0 Å². The van der Waals surface area contributed by atoms with E-state index in [9.17, 15) is 4.79 Å². The van der Waals surface area contributed by atoms with Crippen LogP contribution in [0, 0.1) is 6.92 Å². The summed E-state index contributed by atoms with van der Waals surface area (Å²) in [6.45, 7) is 4.58. The minimum absolute atomic E-state index is 0.0302. The second kappa shape index (κ2) is 7.94. The Morgan fingerprint density at radius 2 is 2.07 bits per heavy atom. The van der Waals surface area contributed by atoms with Gasteiger partial charge in [0.2, 0.25) is 0 Å². The number of hydrogen-bond donors (Lipinski definition) is 1. The maximum absolute atomic E-state index is 12.4. The van der Waals surface area contributed by atoms with E-state index in [2.05, 4.69) is 11.5 Å². The molecule has 144 valence electrons. The molecule has 2 aromatic heterocycles. The predicted octanol–water partition coefficient (Wildman–Crippen LogP) is 2.29. The zero-order valence-corrected chi connectivity index (χ0v) is 16.1. The number of aliphatic hydroxyl groups excluding tert-OH is 1. The minimum Gasteiger partial charge on any atom is -0.491 e. The van der Waals surface area contributed by atoms with Gasteiger partial charge in [0.05, 0.1) is 30.3 Å². The van der Waals surface area contributed by atoms with Crippen LogP contribution < -0.4 is 10.3 Å². The second-order valence-electron chi connectivity index (χ2n) is 6.60. The first-order chi connectivity index (χ1) is 13.0. The van der Waals surface area contributed by atoms with Crippen molar-refractivity contribution in [2.24, 2.45) is 7.05 Å². The molecule has 0 amide bonds. The van der Waals surface area contributed by atoms with Crippen molar-refractivity contribution < 1.29 is 14.6 Å². The molecule has 1 N–H and O–H groups in total. The normalized spacial score (nSPS) is 12.5. The highest BCUT2D eigenvalue weighted by Crippen LogP contribution is 2.31. The monoisotopic (exact) mass is 371 g/mol. The standard InChI is InChI=1S/C20H25N3O4/c1-13(12-26-4)23-18-6-5-15(27-10-9-24)11-17(18)21-19(23)16-7-8-22(3)20(25)14(16)2/h5-8,11,13,24H,9-10,12H2,1-4H3. The number of benzene rings is 1. The van der Waals surface area contributed by atoms with Crippen LogP contribution in [0.1, 0.15) is 18.5 Å². The maximum Gasteiger partial charge on any atom is 0.253 e. The molecule has 2 heterocycles. The largest absolute Gasteiger partial charge is 0.491 e. The Morgan fingerprint density at radius 3 is 2.78 bits per heavy atom. The lowest BCUT2D eigenvalue weighted by Crippen LogP contribution is -2.20. The number of aryl methyl sites for hydroxylation is 1. The fourth-order valence-corrected chi connectivity index (χ4v) is 3.28. The van der Waals surface area contributed by atoms with Crippen LogP contribution in [-0.2, 0) is 11.8 Å². The van der Waals surface area contributed by atoms with E-state index in [1.807, 2.05) is 31.2 Å². The lowest BCUT2D eigenvalue weighted by atomic mass is 10.1. The van der Waals surface area contributed by atoms with Gasteiger partial charge in [0, 0.05) is 37.5 Å². The van der Waals surface area contributed by atoms with Gasteiger partial charge in [-0.15, -0.1) is 0 Å². The summed E-state index contributed by atoms with van der Waals surface area (Å²) in [5, 5.41) is 8.96. The molecule has 0 fully saturated rings. The third-order valence-electron chi connectivity index (χ3n) is 4.62. The van der Waals surface area contributed by atoms with Crippen LogP contribution in [0.15, 0.2) is 35.3 Å². The molecule has 0 spiro atoms. The second-order valence-corrected chi connectivity index (χ2v) is 6.60. The van der Waals surface area contributed by atoms with Crippen molar-refractivity contribution in [1.82, 2.24) is 14.1 Å². The molecule has 7 nitrogen and oxygen atoms in total. The summed E-state index contributed by atoms with van der Waals surface area (Å²) in [6.07, 6.45) is 1.76. The third kappa shape index (κ3) is 3.61. The predicted molar refractivity (Wildman–Crippen MR) is 104 cm³/mol. The Balaban J connectivity index is 2.22. The average Bonchev–Trinajstić information content (AvgIpc) is 3.03. The Morgan fingerprint density at radius 1 is 1.30 bits per heavy atom. The number of imidazole rings is 1. The van der Waals surface area contributed by atoms with Crippen LogP contribution in [0.25, 0.3) is 22.4 Å². The van der Waals surface area contributed by atoms with E-state index in [1.165, 1.54) is 0 Å². The lowest BCUT2D eigenvalue weighted by molar-refractivity contribution is 0.164.